The third-order valence-corrected chi connectivity index (χ3v) is 10.1. The molecule has 2 amide bonds. The van der Waals surface area contributed by atoms with E-state index in [0.29, 0.717) is 59.8 Å². The molecule has 266 valence electrons. The summed E-state index contributed by atoms with van der Waals surface area (Å²) in [6.45, 7) is 2.24. The van der Waals surface area contributed by atoms with Crippen molar-refractivity contribution < 1.29 is 35.9 Å². The van der Waals surface area contributed by atoms with Gasteiger partial charge < -0.3 is 24.5 Å². The molecule has 11 nitrogen and oxygen atoms in total. The van der Waals surface area contributed by atoms with Crippen LogP contribution in [-0.2, 0) is 22.9 Å². The second-order valence-corrected chi connectivity index (χ2v) is 14.4. The van der Waals surface area contributed by atoms with E-state index in [2.05, 4.69) is 27.5 Å². The van der Waals surface area contributed by atoms with Gasteiger partial charge in [-0.15, -0.1) is 13.2 Å². The maximum Gasteiger partial charge on any atom is 0.573 e. The number of amides is 2. The van der Waals surface area contributed by atoms with Crippen molar-refractivity contribution in [1.82, 2.24) is 19.8 Å². The minimum atomic E-state index is -4.76. The molecule has 4 aromatic carbocycles. The summed E-state index contributed by atoms with van der Waals surface area (Å²) in [5, 5.41) is 25.8. The Morgan fingerprint density at radius 3 is 1.53 bits per heavy atom. The van der Waals surface area contributed by atoms with E-state index < -0.39 is 16.2 Å². The molecule has 0 saturated carbocycles. The Hall–Kier alpha value is -6.58. The van der Waals surface area contributed by atoms with Gasteiger partial charge in [0.1, 0.15) is 17.1 Å². The Kier molecular flexibility index (Phi) is 8.67. The third kappa shape index (κ3) is 6.78. The van der Waals surface area contributed by atoms with Crippen LogP contribution in [0, 0.1) is 22.7 Å². The summed E-state index contributed by atoms with van der Waals surface area (Å²) >= 11 is 0. The van der Waals surface area contributed by atoms with Gasteiger partial charge in [-0.25, -0.2) is 8.42 Å². The van der Waals surface area contributed by atoms with Crippen LogP contribution in [0.25, 0.3) is 44.1 Å². The molecule has 0 saturated heterocycles. The molecule has 6 aromatic rings. The number of nitrogens with zero attached hydrogens (tertiary/aromatic N) is 4. The van der Waals surface area contributed by atoms with Crippen LogP contribution in [-0.4, -0.2) is 55.1 Å². The molecule has 0 spiro atoms. The molecule has 2 aromatic heterocycles. The van der Waals surface area contributed by atoms with Crippen molar-refractivity contribution in [3.8, 4) is 40.1 Å². The molecule has 0 radical (unpaired) electrons. The number of fused-ring (bicyclic) bond motifs is 6. The number of ether oxygens (including phenoxy) is 1. The fraction of sp³-hybridized carbons (Fsp3) is 0.158. The molecule has 2 aliphatic rings. The third-order valence-electron chi connectivity index (χ3n) is 8.94. The van der Waals surface area contributed by atoms with Gasteiger partial charge >= 0.3 is 6.36 Å². The van der Waals surface area contributed by atoms with Gasteiger partial charge in [-0.3, -0.25) is 9.59 Å². The summed E-state index contributed by atoms with van der Waals surface area (Å²) in [7, 11) is -3.28. The van der Waals surface area contributed by atoms with Gasteiger partial charge in [0.15, 0.2) is 9.84 Å². The van der Waals surface area contributed by atoms with E-state index in [1.165, 1.54) is 30.5 Å². The van der Waals surface area contributed by atoms with Gasteiger partial charge in [-0.1, -0.05) is 24.3 Å². The minimum absolute atomic E-state index is 0.135. The molecule has 2 N–H and O–H groups in total. The highest BCUT2D eigenvalue weighted by molar-refractivity contribution is 7.90. The number of hydrogen-bond acceptors (Lipinski definition) is 7. The number of sulfone groups is 1. The molecule has 0 bridgehead atoms. The van der Waals surface area contributed by atoms with E-state index in [0.717, 1.165) is 32.9 Å². The molecule has 0 aliphatic carbocycles. The standard InChI is InChI=1S/C19H12F3N3O2.C19H15N3O3S/c20-19(21,22)27-14-3-1-12(2-4-14)15-8-11(10-23)7-13-9-16-18(26)24-5-6-25(16)17(13)15;1-26(24,25)15-4-2-13(3-5-15)16-9-12(11-20)8-14-10-17-19(23)21-6-7-22(17)18(14)16/h1-4,7-9H,5-6H2,(H,24,26);2-5,8-10H,6-7H2,1H3,(H,21,23). The van der Waals surface area contributed by atoms with Crippen LogP contribution < -0.4 is 15.4 Å². The van der Waals surface area contributed by atoms with Crippen LogP contribution in [0.15, 0.2) is 89.8 Å². The molecule has 4 heterocycles. The summed E-state index contributed by atoms with van der Waals surface area (Å²) in [5.41, 5.74) is 6.48. The normalized spacial score (nSPS) is 13.8. The van der Waals surface area contributed by atoms with Crippen LogP contribution >= 0.6 is 0 Å². The number of carbonyl (C=O) groups excluding carboxylic acids is 2. The molecule has 8 rings (SSSR count). The van der Waals surface area contributed by atoms with Gasteiger partial charge in [0.25, 0.3) is 11.8 Å². The summed E-state index contributed by atoms with van der Waals surface area (Å²) < 4.78 is 68.2. The van der Waals surface area contributed by atoms with E-state index in [9.17, 15) is 41.7 Å². The highest BCUT2D eigenvalue weighted by Gasteiger charge is 2.31. The number of benzene rings is 4. The molecule has 2 aliphatic heterocycles. The van der Waals surface area contributed by atoms with Gasteiger partial charge in [0, 0.05) is 54.3 Å². The Morgan fingerprint density at radius 2 is 1.13 bits per heavy atom. The maximum absolute atomic E-state index is 12.4. The van der Waals surface area contributed by atoms with E-state index in [4.69, 9.17) is 0 Å². The lowest BCUT2D eigenvalue weighted by molar-refractivity contribution is -0.274. The summed E-state index contributed by atoms with van der Waals surface area (Å²) in [5.74, 6) is -0.657. The molecule has 15 heteroatoms. The van der Waals surface area contributed by atoms with Crippen molar-refractivity contribution in [3.63, 3.8) is 0 Å². The number of halogens is 3. The molecule has 0 unspecified atom stereocenters. The average molecular weight is 737 g/mol. The first-order valence-electron chi connectivity index (χ1n) is 16.1. The van der Waals surface area contributed by atoms with E-state index in [1.807, 2.05) is 9.13 Å². The molecule has 0 fully saturated rings. The topological polar surface area (TPSA) is 159 Å². The molecule has 0 atom stereocenters. The molecule has 53 heavy (non-hydrogen) atoms. The lowest BCUT2D eigenvalue weighted by Crippen LogP contribution is -2.34. The van der Waals surface area contributed by atoms with Crippen molar-refractivity contribution in [2.45, 2.75) is 24.3 Å². The number of carbonyl (C=O) groups is 2. The maximum atomic E-state index is 12.4. The van der Waals surface area contributed by atoms with Gasteiger partial charge in [-0.2, -0.15) is 10.5 Å². The Balaban J connectivity index is 0.000000164. The first kappa shape index (κ1) is 34.9. The number of alkyl halides is 3. The smallest absolute Gasteiger partial charge is 0.406 e. The van der Waals surface area contributed by atoms with Gasteiger partial charge in [0.05, 0.1) is 39.2 Å². The predicted molar refractivity (Wildman–Crippen MR) is 189 cm³/mol. The number of aromatic nitrogens is 2. The van der Waals surface area contributed by atoms with Crippen molar-refractivity contribution in [2.24, 2.45) is 0 Å². The van der Waals surface area contributed by atoms with Crippen LogP contribution in [0.5, 0.6) is 5.75 Å². The van der Waals surface area contributed by atoms with Crippen molar-refractivity contribution in [2.75, 3.05) is 19.3 Å². The zero-order valence-electron chi connectivity index (χ0n) is 27.8. The summed E-state index contributed by atoms with van der Waals surface area (Å²) in [6, 6.07) is 26.7. The van der Waals surface area contributed by atoms with Crippen molar-refractivity contribution in [1.29, 1.82) is 10.5 Å². The fourth-order valence-electron chi connectivity index (χ4n) is 6.70. The van der Waals surface area contributed by atoms with Crippen LogP contribution in [0.2, 0.25) is 0 Å². The number of hydrogen-bond donors (Lipinski definition) is 2. The first-order chi connectivity index (χ1) is 25.2. The lowest BCUT2D eigenvalue weighted by atomic mass is 10.00. The fourth-order valence-corrected chi connectivity index (χ4v) is 7.33. The van der Waals surface area contributed by atoms with Gasteiger partial charge in [-0.05, 0) is 71.8 Å². The average Bonchev–Trinajstić information content (AvgIpc) is 3.71. The quantitative estimate of drug-likeness (QED) is 0.220. The predicted octanol–water partition coefficient (Wildman–Crippen LogP) is 6.15. The highest BCUT2D eigenvalue weighted by Crippen LogP contribution is 2.36. The zero-order chi connectivity index (χ0) is 37.7. The lowest BCUT2D eigenvalue weighted by Gasteiger charge is -2.18. The van der Waals surface area contributed by atoms with Crippen LogP contribution in [0.1, 0.15) is 32.1 Å². The van der Waals surface area contributed by atoms with E-state index >= 15 is 0 Å². The van der Waals surface area contributed by atoms with E-state index in [1.54, 1.807) is 60.7 Å². The SMILES string of the molecule is CS(=O)(=O)c1ccc(-c2cc(C#N)cc3cc4n(c23)CCNC4=O)cc1.N#Cc1cc(-c2ccc(OC(F)(F)F)cc2)c2c(c1)cc1n2CCNC1=O. The monoisotopic (exact) mass is 736 g/mol. The Morgan fingerprint density at radius 1 is 0.698 bits per heavy atom. The summed E-state index contributed by atoms with van der Waals surface area (Å²) in [6.07, 6.45) is -3.60. The van der Waals surface area contributed by atoms with Crippen LogP contribution in [0.3, 0.4) is 0 Å². The van der Waals surface area contributed by atoms with Crippen molar-refractivity contribution in [3.05, 3.63) is 107 Å². The second-order valence-electron chi connectivity index (χ2n) is 12.4. The number of nitrogens with one attached hydrogen (secondary N) is 2. The first-order valence-corrected chi connectivity index (χ1v) is 18.0. The number of rotatable bonds is 4. The molecular formula is C38H27F3N6O5S. The molecular weight excluding hydrogens is 710 g/mol. The minimum Gasteiger partial charge on any atom is -0.406 e. The Bertz CT molecular complexity index is 2670. The van der Waals surface area contributed by atoms with E-state index in [-0.39, 0.29) is 22.5 Å². The summed E-state index contributed by atoms with van der Waals surface area (Å²) in [4.78, 5) is 24.5. The van der Waals surface area contributed by atoms with Crippen LogP contribution in [0.4, 0.5) is 13.2 Å². The largest absolute Gasteiger partial charge is 0.573 e. The number of nitriles is 2. The second kappa shape index (κ2) is 13.2. The highest BCUT2D eigenvalue weighted by atomic mass is 32.2. The Labute approximate surface area is 300 Å². The zero-order valence-corrected chi connectivity index (χ0v) is 28.6. The van der Waals surface area contributed by atoms with Gasteiger partial charge in [0.2, 0.25) is 0 Å². The van der Waals surface area contributed by atoms with Crippen molar-refractivity contribution >= 4 is 43.5 Å².